The number of benzene rings is 1. The summed E-state index contributed by atoms with van der Waals surface area (Å²) in [4.78, 5) is 33.3. The minimum atomic E-state index is -0.190. The molecule has 0 saturated carbocycles. The van der Waals surface area contributed by atoms with Crippen molar-refractivity contribution in [1.82, 2.24) is 24.1 Å². The molecule has 0 unspecified atom stereocenters. The molecule has 166 valence electrons. The largest absolute Gasteiger partial charge is 0.343 e. The Kier molecular flexibility index (Phi) is 5.97. The topological polar surface area (TPSA) is 72.5 Å². The van der Waals surface area contributed by atoms with Gasteiger partial charge in [-0.1, -0.05) is 12.1 Å². The van der Waals surface area contributed by atoms with Gasteiger partial charge in [-0.3, -0.25) is 14.0 Å². The first kappa shape index (κ1) is 22.0. The molecular weight excluding hydrogens is 422 g/mol. The van der Waals surface area contributed by atoms with E-state index < -0.39 is 0 Å². The van der Waals surface area contributed by atoms with Crippen molar-refractivity contribution in [3.8, 4) is 16.9 Å². The molecule has 3 aromatic heterocycles. The van der Waals surface area contributed by atoms with Crippen molar-refractivity contribution in [3.05, 3.63) is 68.7 Å². The van der Waals surface area contributed by atoms with Crippen LogP contribution in [0.5, 0.6) is 0 Å². The number of amides is 1. The number of nitrogens with zero attached hydrogens (tertiary/aromatic N) is 5. The van der Waals surface area contributed by atoms with Crippen LogP contribution in [-0.4, -0.2) is 43.1 Å². The van der Waals surface area contributed by atoms with Gasteiger partial charge in [0.15, 0.2) is 4.96 Å². The number of thiazole rings is 1. The van der Waals surface area contributed by atoms with Crippen LogP contribution in [0.4, 0.5) is 0 Å². The van der Waals surface area contributed by atoms with Gasteiger partial charge in [-0.05, 0) is 58.4 Å². The minimum absolute atomic E-state index is 0.00305. The van der Waals surface area contributed by atoms with E-state index >= 15 is 0 Å². The molecule has 1 amide bonds. The molecule has 0 atom stereocenters. The molecule has 0 saturated heterocycles. The van der Waals surface area contributed by atoms with Crippen LogP contribution < -0.4 is 5.56 Å². The lowest BCUT2D eigenvalue weighted by Crippen LogP contribution is -2.32. The van der Waals surface area contributed by atoms with Crippen LogP contribution in [0.1, 0.15) is 36.5 Å². The van der Waals surface area contributed by atoms with E-state index in [4.69, 9.17) is 5.10 Å². The summed E-state index contributed by atoms with van der Waals surface area (Å²) in [5.41, 5.74) is 5.16. The predicted octanol–water partition coefficient (Wildman–Crippen LogP) is 3.94. The van der Waals surface area contributed by atoms with Crippen LogP contribution in [0.2, 0.25) is 0 Å². The standard InChI is InChI=1S/C24H27N5O2S/c1-6-27(7-2)21(30)13-19-14-32-24-25-17(5)22(23(31)28(19)24)20-12-16(4)29(26-20)18-10-8-9-15(3)11-18/h8-12,14H,6-7,13H2,1-5H3. The molecule has 1 aromatic carbocycles. The zero-order valence-electron chi connectivity index (χ0n) is 19.0. The van der Waals surface area contributed by atoms with Crippen molar-refractivity contribution in [2.24, 2.45) is 0 Å². The fraction of sp³-hybridized carbons (Fsp3) is 0.333. The number of rotatable bonds is 6. The highest BCUT2D eigenvalue weighted by Gasteiger charge is 2.21. The number of aromatic nitrogens is 4. The van der Waals surface area contributed by atoms with Gasteiger partial charge in [-0.15, -0.1) is 11.3 Å². The van der Waals surface area contributed by atoms with Gasteiger partial charge in [0.1, 0.15) is 5.69 Å². The van der Waals surface area contributed by atoms with Gasteiger partial charge >= 0.3 is 0 Å². The zero-order valence-corrected chi connectivity index (χ0v) is 19.9. The first-order valence-corrected chi connectivity index (χ1v) is 11.6. The Labute approximate surface area is 191 Å². The SMILES string of the molecule is CCN(CC)C(=O)Cc1csc2nc(C)c(-c3cc(C)n(-c4cccc(C)c4)n3)c(=O)n12. The number of carbonyl (C=O) groups excluding carboxylic acids is 1. The predicted molar refractivity (Wildman–Crippen MR) is 128 cm³/mol. The third-order valence-electron chi connectivity index (χ3n) is 5.66. The summed E-state index contributed by atoms with van der Waals surface area (Å²) >= 11 is 1.38. The summed E-state index contributed by atoms with van der Waals surface area (Å²) in [5, 5.41) is 6.59. The monoisotopic (exact) mass is 449 g/mol. The first-order valence-electron chi connectivity index (χ1n) is 10.8. The molecule has 4 aromatic rings. The van der Waals surface area contributed by atoms with E-state index in [1.165, 1.54) is 11.3 Å². The highest BCUT2D eigenvalue weighted by atomic mass is 32.1. The summed E-state index contributed by atoms with van der Waals surface area (Å²) in [6.45, 7) is 11.0. The Bertz CT molecular complexity index is 1360. The molecule has 0 N–H and O–H groups in total. The van der Waals surface area contributed by atoms with Crippen LogP contribution in [0.3, 0.4) is 0 Å². The second kappa shape index (κ2) is 8.70. The van der Waals surface area contributed by atoms with Crippen LogP contribution in [0, 0.1) is 20.8 Å². The fourth-order valence-electron chi connectivity index (χ4n) is 3.98. The number of hydrogen-bond acceptors (Lipinski definition) is 5. The minimum Gasteiger partial charge on any atom is -0.343 e. The third kappa shape index (κ3) is 3.86. The lowest BCUT2D eigenvalue weighted by atomic mass is 10.1. The van der Waals surface area contributed by atoms with Gasteiger partial charge in [-0.2, -0.15) is 5.10 Å². The molecule has 0 aliphatic rings. The molecule has 8 heteroatoms. The Morgan fingerprint density at radius 1 is 1.12 bits per heavy atom. The normalized spacial score (nSPS) is 11.3. The van der Waals surface area contributed by atoms with Gasteiger partial charge in [0.05, 0.1) is 23.4 Å². The molecule has 3 heterocycles. The molecule has 0 spiro atoms. The van der Waals surface area contributed by atoms with Crippen molar-refractivity contribution >= 4 is 22.2 Å². The number of carbonyl (C=O) groups is 1. The van der Waals surface area contributed by atoms with Gasteiger partial charge in [-0.25, -0.2) is 9.67 Å². The molecule has 32 heavy (non-hydrogen) atoms. The molecule has 7 nitrogen and oxygen atoms in total. The van der Waals surface area contributed by atoms with Gasteiger partial charge in [0.2, 0.25) is 5.91 Å². The highest BCUT2D eigenvalue weighted by molar-refractivity contribution is 7.15. The van der Waals surface area contributed by atoms with Crippen molar-refractivity contribution in [3.63, 3.8) is 0 Å². The zero-order chi connectivity index (χ0) is 23.0. The number of aryl methyl sites for hydroxylation is 3. The van der Waals surface area contributed by atoms with E-state index in [9.17, 15) is 9.59 Å². The second-order valence-electron chi connectivity index (χ2n) is 7.89. The van der Waals surface area contributed by atoms with E-state index in [1.807, 2.05) is 68.9 Å². The first-order chi connectivity index (χ1) is 15.3. The quantitative estimate of drug-likeness (QED) is 0.447. The van der Waals surface area contributed by atoms with Gasteiger partial charge in [0, 0.05) is 29.9 Å². The maximum atomic E-state index is 13.6. The smallest absolute Gasteiger partial charge is 0.268 e. The van der Waals surface area contributed by atoms with Crippen molar-refractivity contribution in [2.75, 3.05) is 13.1 Å². The highest BCUT2D eigenvalue weighted by Crippen LogP contribution is 2.24. The summed E-state index contributed by atoms with van der Waals surface area (Å²) in [7, 11) is 0. The summed E-state index contributed by atoms with van der Waals surface area (Å²) in [5.74, 6) is 0.00305. The average molecular weight is 450 g/mol. The molecule has 0 fully saturated rings. The fourth-order valence-corrected chi connectivity index (χ4v) is 4.91. The Balaban J connectivity index is 1.82. The summed E-state index contributed by atoms with van der Waals surface area (Å²) < 4.78 is 3.41. The molecule has 0 aliphatic heterocycles. The van der Waals surface area contributed by atoms with Gasteiger partial charge < -0.3 is 4.90 Å². The Morgan fingerprint density at radius 3 is 2.56 bits per heavy atom. The molecule has 0 aliphatic carbocycles. The van der Waals surface area contributed by atoms with E-state index in [-0.39, 0.29) is 17.9 Å². The van der Waals surface area contributed by atoms with Gasteiger partial charge in [0.25, 0.3) is 5.56 Å². The van der Waals surface area contributed by atoms with Crippen molar-refractivity contribution in [1.29, 1.82) is 0 Å². The van der Waals surface area contributed by atoms with Crippen LogP contribution >= 0.6 is 11.3 Å². The van der Waals surface area contributed by atoms with E-state index in [0.717, 1.165) is 16.9 Å². The van der Waals surface area contributed by atoms with Crippen LogP contribution in [-0.2, 0) is 11.2 Å². The molecule has 0 radical (unpaired) electrons. The molecule has 0 bridgehead atoms. The maximum absolute atomic E-state index is 13.6. The van der Waals surface area contributed by atoms with E-state index in [0.29, 0.717) is 40.7 Å². The van der Waals surface area contributed by atoms with Crippen molar-refractivity contribution in [2.45, 2.75) is 41.0 Å². The third-order valence-corrected chi connectivity index (χ3v) is 6.53. The number of likely N-dealkylation sites (N-methyl/N-ethyl adjacent to an activating group) is 1. The van der Waals surface area contributed by atoms with Crippen LogP contribution in [0.25, 0.3) is 21.9 Å². The second-order valence-corrected chi connectivity index (χ2v) is 8.72. The summed E-state index contributed by atoms with van der Waals surface area (Å²) in [6, 6.07) is 9.99. The van der Waals surface area contributed by atoms with E-state index in [1.54, 1.807) is 9.30 Å². The number of fused-ring (bicyclic) bond motifs is 1. The Hall–Kier alpha value is -3.26. The van der Waals surface area contributed by atoms with E-state index in [2.05, 4.69) is 11.1 Å². The average Bonchev–Trinajstić information content (AvgIpc) is 3.32. The molecular formula is C24H27N5O2S. The van der Waals surface area contributed by atoms with Crippen molar-refractivity contribution < 1.29 is 4.79 Å². The molecule has 4 rings (SSSR count). The Morgan fingerprint density at radius 2 is 1.88 bits per heavy atom. The summed E-state index contributed by atoms with van der Waals surface area (Å²) in [6.07, 6.45) is 0.169. The lowest BCUT2D eigenvalue weighted by molar-refractivity contribution is -0.130. The lowest BCUT2D eigenvalue weighted by Gasteiger charge is -2.18. The maximum Gasteiger partial charge on any atom is 0.268 e. The number of hydrogen-bond donors (Lipinski definition) is 0. The van der Waals surface area contributed by atoms with Crippen LogP contribution in [0.15, 0.2) is 40.5 Å².